The van der Waals surface area contributed by atoms with E-state index in [4.69, 9.17) is 4.74 Å². The highest BCUT2D eigenvalue weighted by Crippen LogP contribution is 2.26. The van der Waals surface area contributed by atoms with Gasteiger partial charge in [0.15, 0.2) is 0 Å². The molecule has 2 aromatic carbocycles. The molecule has 3 nitrogen and oxygen atoms in total. The van der Waals surface area contributed by atoms with Crippen LogP contribution in [0.3, 0.4) is 0 Å². The number of thioether (sulfide) groups is 1. The van der Waals surface area contributed by atoms with Crippen LogP contribution in [0.4, 0.5) is 5.69 Å². The van der Waals surface area contributed by atoms with Crippen molar-refractivity contribution in [3.63, 3.8) is 0 Å². The molecule has 0 saturated heterocycles. The lowest BCUT2D eigenvalue weighted by Crippen LogP contribution is -2.22. The average molecular weight is 315 g/mol. The Morgan fingerprint density at radius 2 is 1.77 bits per heavy atom. The molecule has 0 spiro atoms. The summed E-state index contributed by atoms with van der Waals surface area (Å²) in [4.78, 5) is 13.3. The number of benzene rings is 2. The van der Waals surface area contributed by atoms with Gasteiger partial charge in [-0.25, -0.2) is 0 Å². The highest BCUT2D eigenvalue weighted by atomic mass is 32.2. The van der Waals surface area contributed by atoms with Crippen molar-refractivity contribution < 1.29 is 9.53 Å². The maximum absolute atomic E-state index is 12.2. The van der Waals surface area contributed by atoms with Crippen LogP contribution in [0.2, 0.25) is 0 Å². The number of ether oxygens (including phenoxy) is 1. The van der Waals surface area contributed by atoms with Gasteiger partial charge in [-0.05, 0) is 55.3 Å². The Bertz CT molecular complexity index is 608. The molecule has 0 bridgehead atoms. The first-order chi connectivity index (χ1) is 10.6. The number of rotatable bonds is 6. The molecule has 2 rings (SSSR count). The van der Waals surface area contributed by atoms with Crippen molar-refractivity contribution in [2.75, 3.05) is 12.4 Å². The highest BCUT2D eigenvalue weighted by molar-refractivity contribution is 8.00. The number of nitrogens with one attached hydrogen (secondary N) is 1. The van der Waals surface area contributed by atoms with Crippen molar-refractivity contribution in [3.8, 4) is 5.75 Å². The predicted molar refractivity (Wildman–Crippen MR) is 92.8 cm³/mol. The number of methoxy groups -OCH3 is 1. The number of aryl methyl sites for hydroxylation is 1. The molecule has 1 amide bonds. The van der Waals surface area contributed by atoms with E-state index >= 15 is 0 Å². The molecule has 22 heavy (non-hydrogen) atoms. The molecule has 116 valence electrons. The van der Waals surface area contributed by atoms with Gasteiger partial charge in [0.1, 0.15) is 5.75 Å². The SMILES string of the molecule is CCc1ccc(NC(=O)[C@H](C)Sc2ccc(OC)cc2)cc1. The van der Waals surface area contributed by atoms with Crippen LogP contribution >= 0.6 is 11.8 Å². The van der Waals surface area contributed by atoms with Crippen LogP contribution in [0.15, 0.2) is 53.4 Å². The molecule has 4 heteroatoms. The van der Waals surface area contributed by atoms with E-state index < -0.39 is 0 Å². The molecular weight excluding hydrogens is 294 g/mol. The van der Waals surface area contributed by atoms with Gasteiger partial charge in [-0.3, -0.25) is 4.79 Å². The fraction of sp³-hybridized carbons (Fsp3) is 0.278. The Kier molecular flexibility index (Phi) is 5.90. The maximum Gasteiger partial charge on any atom is 0.237 e. The maximum atomic E-state index is 12.2. The lowest BCUT2D eigenvalue weighted by molar-refractivity contribution is -0.115. The Labute approximate surface area is 136 Å². The lowest BCUT2D eigenvalue weighted by atomic mass is 10.1. The van der Waals surface area contributed by atoms with Crippen LogP contribution in [0.25, 0.3) is 0 Å². The molecule has 0 aliphatic rings. The van der Waals surface area contributed by atoms with Crippen molar-refractivity contribution in [1.82, 2.24) is 0 Å². The fourth-order valence-corrected chi connectivity index (χ4v) is 2.85. The Hall–Kier alpha value is -1.94. The highest BCUT2D eigenvalue weighted by Gasteiger charge is 2.14. The number of hydrogen-bond donors (Lipinski definition) is 1. The molecule has 0 fully saturated rings. The van der Waals surface area contributed by atoms with Crippen molar-refractivity contribution in [2.24, 2.45) is 0 Å². The van der Waals surface area contributed by atoms with Gasteiger partial charge in [0.25, 0.3) is 0 Å². The van der Waals surface area contributed by atoms with Gasteiger partial charge in [-0.1, -0.05) is 19.1 Å². The molecular formula is C18H21NO2S. The standard InChI is InChI=1S/C18H21NO2S/c1-4-14-5-7-15(8-6-14)19-18(20)13(2)22-17-11-9-16(21-3)10-12-17/h5-13H,4H2,1-3H3,(H,19,20)/t13-/m0/s1. The zero-order valence-corrected chi connectivity index (χ0v) is 13.9. The lowest BCUT2D eigenvalue weighted by Gasteiger charge is -2.12. The van der Waals surface area contributed by atoms with E-state index in [1.165, 1.54) is 17.3 Å². The minimum atomic E-state index is -0.167. The summed E-state index contributed by atoms with van der Waals surface area (Å²) in [5, 5.41) is 2.78. The van der Waals surface area contributed by atoms with Crippen molar-refractivity contribution >= 4 is 23.4 Å². The summed E-state index contributed by atoms with van der Waals surface area (Å²) in [6, 6.07) is 15.7. The number of carbonyl (C=O) groups is 1. The van der Waals surface area contributed by atoms with E-state index in [1.54, 1.807) is 7.11 Å². The topological polar surface area (TPSA) is 38.3 Å². The zero-order chi connectivity index (χ0) is 15.9. The Morgan fingerprint density at radius 3 is 2.32 bits per heavy atom. The summed E-state index contributed by atoms with van der Waals surface area (Å²) < 4.78 is 5.13. The third-order valence-electron chi connectivity index (χ3n) is 3.37. The third-order valence-corrected chi connectivity index (χ3v) is 4.48. The first kappa shape index (κ1) is 16.4. The normalized spacial score (nSPS) is 11.8. The average Bonchev–Trinajstić information content (AvgIpc) is 2.56. The first-order valence-corrected chi connectivity index (χ1v) is 8.21. The van der Waals surface area contributed by atoms with Gasteiger partial charge in [0.05, 0.1) is 12.4 Å². The van der Waals surface area contributed by atoms with Gasteiger partial charge in [-0.2, -0.15) is 0 Å². The fourth-order valence-electron chi connectivity index (χ4n) is 1.98. The number of hydrogen-bond acceptors (Lipinski definition) is 3. The summed E-state index contributed by atoms with van der Waals surface area (Å²) in [7, 11) is 1.64. The second kappa shape index (κ2) is 7.90. The van der Waals surface area contributed by atoms with Crippen molar-refractivity contribution in [3.05, 3.63) is 54.1 Å². The second-order valence-electron chi connectivity index (χ2n) is 4.98. The molecule has 2 aromatic rings. The van der Waals surface area contributed by atoms with Crippen LogP contribution in [0, 0.1) is 0 Å². The largest absolute Gasteiger partial charge is 0.497 e. The number of anilines is 1. The van der Waals surface area contributed by atoms with E-state index in [0.29, 0.717) is 0 Å². The first-order valence-electron chi connectivity index (χ1n) is 7.33. The summed E-state index contributed by atoms with van der Waals surface area (Å²) >= 11 is 1.53. The number of amides is 1. The van der Waals surface area contributed by atoms with E-state index in [-0.39, 0.29) is 11.2 Å². The molecule has 1 N–H and O–H groups in total. The minimum absolute atomic E-state index is 0.00469. The number of carbonyl (C=O) groups excluding carboxylic acids is 1. The summed E-state index contributed by atoms with van der Waals surface area (Å²) in [6.07, 6.45) is 0.998. The van der Waals surface area contributed by atoms with Crippen LogP contribution in [-0.2, 0) is 11.2 Å². The summed E-state index contributed by atoms with van der Waals surface area (Å²) in [6.45, 7) is 4.02. The Balaban J connectivity index is 1.92. The molecule has 0 aromatic heterocycles. The van der Waals surface area contributed by atoms with Crippen molar-refractivity contribution in [2.45, 2.75) is 30.4 Å². The van der Waals surface area contributed by atoms with E-state index in [2.05, 4.69) is 12.2 Å². The zero-order valence-electron chi connectivity index (χ0n) is 13.1. The molecule has 1 atom stereocenters. The van der Waals surface area contributed by atoms with Gasteiger partial charge < -0.3 is 10.1 Å². The van der Waals surface area contributed by atoms with Crippen molar-refractivity contribution in [1.29, 1.82) is 0 Å². The molecule has 0 unspecified atom stereocenters. The predicted octanol–water partition coefficient (Wildman–Crippen LogP) is 4.38. The van der Waals surface area contributed by atoms with Crippen LogP contribution < -0.4 is 10.1 Å². The van der Waals surface area contributed by atoms with E-state index in [9.17, 15) is 4.79 Å². The van der Waals surface area contributed by atoms with E-state index in [1.807, 2.05) is 55.5 Å². The van der Waals surface area contributed by atoms with Gasteiger partial charge in [0.2, 0.25) is 5.91 Å². The quantitative estimate of drug-likeness (QED) is 0.804. The summed E-state index contributed by atoms with van der Waals surface area (Å²) in [5.74, 6) is 0.822. The summed E-state index contributed by atoms with van der Waals surface area (Å²) in [5.41, 5.74) is 2.10. The van der Waals surface area contributed by atoms with Crippen LogP contribution in [0.1, 0.15) is 19.4 Å². The smallest absolute Gasteiger partial charge is 0.237 e. The molecule has 0 heterocycles. The molecule has 0 saturated carbocycles. The third kappa shape index (κ3) is 4.53. The second-order valence-corrected chi connectivity index (χ2v) is 6.39. The van der Waals surface area contributed by atoms with Gasteiger partial charge in [0, 0.05) is 10.6 Å². The molecule has 0 aliphatic heterocycles. The van der Waals surface area contributed by atoms with E-state index in [0.717, 1.165) is 22.8 Å². The molecule has 0 radical (unpaired) electrons. The Morgan fingerprint density at radius 1 is 1.14 bits per heavy atom. The van der Waals surface area contributed by atoms with Crippen LogP contribution in [0.5, 0.6) is 5.75 Å². The van der Waals surface area contributed by atoms with Gasteiger partial charge in [-0.15, -0.1) is 11.8 Å². The molecule has 0 aliphatic carbocycles. The van der Waals surface area contributed by atoms with Crippen LogP contribution in [-0.4, -0.2) is 18.3 Å². The monoisotopic (exact) mass is 315 g/mol. The van der Waals surface area contributed by atoms with Gasteiger partial charge >= 0.3 is 0 Å². The minimum Gasteiger partial charge on any atom is -0.497 e.